The molecule has 0 aliphatic rings. The van der Waals surface area contributed by atoms with Crippen molar-refractivity contribution in [1.82, 2.24) is 4.98 Å². The zero-order valence-electron chi connectivity index (χ0n) is 9.02. The molecule has 18 heavy (non-hydrogen) atoms. The molecule has 0 spiro atoms. The van der Waals surface area contributed by atoms with Gasteiger partial charge in [0.25, 0.3) is 0 Å². The number of nitrogens with one attached hydrogen (secondary N) is 1. The number of carbonyl (C=O) groups is 1. The molecule has 2 N–H and O–H groups in total. The van der Waals surface area contributed by atoms with Gasteiger partial charge in [-0.15, -0.1) is 0 Å². The highest BCUT2D eigenvalue weighted by Crippen LogP contribution is 2.21. The van der Waals surface area contributed by atoms with Gasteiger partial charge in [0.1, 0.15) is 11.6 Å². The van der Waals surface area contributed by atoms with Crippen LogP contribution in [0.15, 0.2) is 36.5 Å². The number of nitrogens with zero attached hydrogens (tertiary/aromatic N) is 1. The maximum atomic E-state index is 13.1. The van der Waals surface area contributed by atoms with Gasteiger partial charge in [0.2, 0.25) is 0 Å². The number of benzene rings is 1. The summed E-state index contributed by atoms with van der Waals surface area (Å²) >= 11 is 5.70. The molecule has 0 saturated heterocycles. The fourth-order valence-corrected chi connectivity index (χ4v) is 1.63. The minimum atomic E-state index is -1.06. The van der Waals surface area contributed by atoms with Crippen molar-refractivity contribution >= 4 is 29.1 Å². The van der Waals surface area contributed by atoms with Gasteiger partial charge < -0.3 is 10.4 Å². The molecule has 0 atom stereocenters. The van der Waals surface area contributed by atoms with Crippen LogP contribution in [0.25, 0.3) is 0 Å². The average molecular weight is 267 g/mol. The van der Waals surface area contributed by atoms with E-state index < -0.39 is 11.8 Å². The van der Waals surface area contributed by atoms with Crippen molar-refractivity contribution < 1.29 is 14.3 Å². The molecule has 2 rings (SSSR count). The highest BCUT2D eigenvalue weighted by atomic mass is 35.5. The fourth-order valence-electron chi connectivity index (χ4n) is 1.41. The first-order valence-electron chi connectivity index (χ1n) is 4.97. The van der Waals surface area contributed by atoms with Gasteiger partial charge in [0, 0.05) is 16.9 Å². The van der Waals surface area contributed by atoms with E-state index in [1.807, 2.05) is 0 Å². The Morgan fingerprint density at radius 3 is 2.78 bits per heavy atom. The molecule has 6 heteroatoms. The lowest BCUT2D eigenvalue weighted by molar-refractivity contribution is 0.0697. The fraction of sp³-hybridized carbons (Fsp3) is 0. The number of aromatic nitrogens is 1. The summed E-state index contributed by atoms with van der Waals surface area (Å²) < 4.78 is 13.1. The van der Waals surface area contributed by atoms with E-state index in [2.05, 4.69) is 10.3 Å². The first kappa shape index (κ1) is 12.3. The van der Waals surface area contributed by atoms with Crippen LogP contribution in [0.5, 0.6) is 0 Å². The van der Waals surface area contributed by atoms with E-state index in [1.54, 1.807) is 0 Å². The molecule has 0 amide bonds. The Hall–Kier alpha value is -2.14. The average Bonchev–Trinajstić information content (AvgIpc) is 2.27. The van der Waals surface area contributed by atoms with Crippen LogP contribution < -0.4 is 5.32 Å². The SMILES string of the molecule is O=C(O)c1ccnc(Nc2cc(F)cc(Cl)c2)c1. The van der Waals surface area contributed by atoms with Gasteiger partial charge in [-0.3, -0.25) is 0 Å². The monoisotopic (exact) mass is 266 g/mol. The van der Waals surface area contributed by atoms with Crippen molar-refractivity contribution in [1.29, 1.82) is 0 Å². The van der Waals surface area contributed by atoms with E-state index in [9.17, 15) is 9.18 Å². The highest BCUT2D eigenvalue weighted by Gasteiger charge is 2.05. The summed E-state index contributed by atoms with van der Waals surface area (Å²) in [5, 5.41) is 11.9. The van der Waals surface area contributed by atoms with Gasteiger partial charge in [-0.05, 0) is 30.3 Å². The van der Waals surface area contributed by atoms with E-state index in [1.165, 1.54) is 36.5 Å². The quantitative estimate of drug-likeness (QED) is 0.895. The third-order valence-corrected chi connectivity index (χ3v) is 2.36. The molecule has 1 aromatic carbocycles. The number of hydrogen-bond donors (Lipinski definition) is 2. The molecular formula is C12H8ClFN2O2. The Balaban J connectivity index is 2.28. The van der Waals surface area contributed by atoms with E-state index in [0.717, 1.165) is 0 Å². The van der Waals surface area contributed by atoms with E-state index in [-0.39, 0.29) is 10.6 Å². The molecule has 4 nitrogen and oxygen atoms in total. The van der Waals surface area contributed by atoms with Crippen LogP contribution >= 0.6 is 11.6 Å². The Bertz CT molecular complexity index is 584. The first-order valence-corrected chi connectivity index (χ1v) is 5.35. The van der Waals surface area contributed by atoms with Crippen LogP contribution in [0.4, 0.5) is 15.9 Å². The number of aromatic carboxylic acids is 1. The van der Waals surface area contributed by atoms with Crippen LogP contribution in [0.1, 0.15) is 10.4 Å². The van der Waals surface area contributed by atoms with Gasteiger partial charge in [-0.1, -0.05) is 11.6 Å². The second-order valence-electron chi connectivity index (χ2n) is 3.52. The zero-order chi connectivity index (χ0) is 13.1. The molecular weight excluding hydrogens is 259 g/mol. The van der Waals surface area contributed by atoms with E-state index in [4.69, 9.17) is 16.7 Å². The lowest BCUT2D eigenvalue weighted by atomic mass is 10.2. The summed E-state index contributed by atoms with van der Waals surface area (Å²) in [5.41, 5.74) is 0.491. The predicted octanol–water partition coefficient (Wildman–Crippen LogP) is 3.32. The second kappa shape index (κ2) is 5.01. The number of anilines is 2. The summed E-state index contributed by atoms with van der Waals surface area (Å²) in [7, 11) is 0. The Morgan fingerprint density at radius 2 is 2.11 bits per heavy atom. The number of pyridine rings is 1. The molecule has 1 aromatic heterocycles. The molecule has 0 aliphatic carbocycles. The number of halogens is 2. The predicted molar refractivity (Wildman–Crippen MR) is 65.9 cm³/mol. The number of hydrogen-bond acceptors (Lipinski definition) is 3. The third kappa shape index (κ3) is 2.95. The number of rotatable bonds is 3. The lowest BCUT2D eigenvalue weighted by Gasteiger charge is -2.06. The highest BCUT2D eigenvalue weighted by molar-refractivity contribution is 6.30. The molecule has 0 saturated carbocycles. The summed E-state index contributed by atoms with van der Waals surface area (Å²) in [6.45, 7) is 0. The Labute approximate surface area is 107 Å². The van der Waals surface area contributed by atoms with Gasteiger partial charge in [0.05, 0.1) is 5.56 Å². The van der Waals surface area contributed by atoms with Crippen molar-refractivity contribution in [3.05, 3.63) is 52.9 Å². The van der Waals surface area contributed by atoms with Gasteiger partial charge >= 0.3 is 5.97 Å². The summed E-state index contributed by atoms with van der Waals surface area (Å²) in [6, 6.07) is 6.64. The van der Waals surface area contributed by atoms with Crippen molar-refractivity contribution in [2.75, 3.05) is 5.32 Å². The van der Waals surface area contributed by atoms with E-state index >= 15 is 0 Å². The molecule has 1 heterocycles. The Morgan fingerprint density at radius 1 is 1.33 bits per heavy atom. The largest absolute Gasteiger partial charge is 0.478 e. The van der Waals surface area contributed by atoms with Crippen molar-refractivity contribution in [2.24, 2.45) is 0 Å². The summed E-state index contributed by atoms with van der Waals surface area (Å²) in [4.78, 5) is 14.7. The summed E-state index contributed by atoms with van der Waals surface area (Å²) in [5.74, 6) is -1.24. The van der Waals surface area contributed by atoms with Gasteiger partial charge in [-0.25, -0.2) is 14.2 Å². The van der Waals surface area contributed by atoms with Crippen molar-refractivity contribution in [3.63, 3.8) is 0 Å². The van der Waals surface area contributed by atoms with Gasteiger partial charge in [-0.2, -0.15) is 0 Å². The maximum absolute atomic E-state index is 13.1. The van der Waals surface area contributed by atoms with E-state index in [0.29, 0.717) is 11.5 Å². The molecule has 2 aromatic rings. The van der Waals surface area contributed by atoms with Crippen LogP contribution in [0.3, 0.4) is 0 Å². The number of carboxylic acids is 1. The topological polar surface area (TPSA) is 62.2 Å². The normalized spacial score (nSPS) is 10.1. The Kier molecular flexibility index (Phi) is 3.43. The standard InChI is InChI=1S/C12H8ClFN2O2/c13-8-4-9(14)6-10(5-8)16-11-3-7(12(17)18)1-2-15-11/h1-6H,(H,15,16)(H,17,18). The lowest BCUT2D eigenvalue weighted by Crippen LogP contribution is -2.00. The molecule has 92 valence electrons. The molecule has 0 bridgehead atoms. The zero-order valence-corrected chi connectivity index (χ0v) is 9.78. The van der Waals surface area contributed by atoms with Crippen molar-refractivity contribution in [3.8, 4) is 0 Å². The third-order valence-electron chi connectivity index (χ3n) is 2.14. The first-order chi connectivity index (χ1) is 8.54. The summed E-state index contributed by atoms with van der Waals surface area (Å²) in [6.07, 6.45) is 1.35. The van der Waals surface area contributed by atoms with Crippen molar-refractivity contribution in [2.45, 2.75) is 0 Å². The van der Waals surface area contributed by atoms with Gasteiger partial charge in [0.15, 0.2) is 0 Å². The maximum Gasteiger partial charge on any atom is 0.335 e. The number of carboxylic acid groups (broad SMARTS) is 1. The molecule has 0 unspecified atom stereocenters. The van der Waals surface area contributed by atoms with Crippen LogP contribution in [-0.4, -0.2) is 16.1 Å². The minimum Gasteiger partial charge on any atom is -0.478 e. The van der Waals surface area contributed by atoms with Crippen LogP contribution in [0.2, 0.25) is 5.02 Å². The molecule has 0 fully saturated rings. The minimum absolute atomic E-state index is 0.0926. The van der Waals surface area contributed by atoms with Crippen LogP contribution in [-0.2, 0) is 0 Å². The molecule has 0 aliphatic heterocycles. The smallest absolute Gasteiger partial charge is 0.335 e. The molecule has 0 radical (unpaired) electrons. The second-order valence-corrected chi connectivity index (χ2v) is 3.95. The van der Waals surface area contributed by atoms with Crippen LogP contribution in [0, 0.1) is 5.82 Å².